The fraction of sp³-hybridized carbons (Fsp3) is 0.429. The van der Waals surface area contributed by atoms with Gasteiger partial charge in [0.2, 0.25) is 0 Å². The Morgan fingerprint density at radius 3 is 2.23 bits per heavy atom. The number of rotatable bonds is 5. The van der Waals surface area contributed by atoms with E-state index in [0.29, 0.717) is 0 Å². The first-order valence-electron chi connectivity index (χ1n) is 8.96. The quantitative estimate of drug-likeness (QED) is 0.717. The Morgan fingerprint density at radius 2 is 1.58 bits per heavy atom. The van der Waals surface area contributed by atoms with Crippen LogP contribution in [0.3, 0.4) is 0 Å². The highest BCUT2D eigenvalue weighted by Gasteiger charge is 2.20. The van der Waals surface area contributed by atoms with E-state index in [1.165, 1.54) is 22.4 Å². The van der Waals surface area contributed by atoms with Gasteiger partial charge in [0.1, 0.15) is 0 Å². The Labute approximate surface area is 164 Å². The van der Waals surface area contributed by atoms with Crippen LogP contribution in [0.4, 0.5) is 5.69 Å². The van der Waals surface area contributed by atoms with Gasteiger partial charge in [-0.3, -0.25) is 4.90 Å². The Balaban J connectivity index is 1.67. The van der Waals surface area contributed by atoms with Crippen LogP contribution in [0.5, 0.6) is 11.5 Å². The Bertz CT molecular complexity index is 771. The maximum absolute atomic E-state index is 5.45. The van der Waals surface area contributed by atoms with Crippen LogP contribution in [0.15, 0.2) is 34.8 Å². The normalized spacial score (nSPS) is 15.2. The molecule has 1 fully saturated rings. The van der Waals surface area contributed by atoms with Gasteiger partial charge in [0.15, 0.2) is 11.5 Å². The molecule has 0 unspecified atom stereocenters. The van der Waals surface area contributed by atoms with Crippen LogP contribution >= 0.6 is 15.9 Å². The van der Waals surface area contributed by atoms with E-state index in [4.69, 9.17) is 9.47 Å². The standard InChI is InChI=1S/C21H27BrN2O2/c1-15-5-6-16(2)19(11-15)24-9-7-23(8-10-24)14-17-12-20(25-3)21(26-4)13-18(17)22/h5-6,11-13H,7-10,14H2,1-4H3. The minimum absolute atomic E-state index is 0.753. The lowest BCUT2D eigenvalue weighted by atomic mass is 10.1. The van der Waals surface area contributed by atoms with Crippen molar-refractivity contribution in [3.05, 3.63) is 51.5 Å². The highest BCUT2D eigenvalue weighted by molar-refractivity contribution is 9.10. The molecule has 2 aromatic rings. The van der Waals surface area contributed by atoms with Gasteiger partial charge in [0.05, 0.1) is 14.2 Å². The van der Waals surface area contributed by atoms with Crippen molar-refractivity contribution in [3.8, 4) is 11.5 Å². The van der Waals surface area contributed by atoms with Crippen molar-refractivity contribution < 1.29 is 9.47 Å². The molecule has 4 nitrogen and oxygen atoms in total. The second-order valence-electron chi connectivity index (χ2n) is 6.85. The zero-order valence-electron chi connectivity index (χ0n) is 16.0. The maximum atomic E-state index is 5.45. The molecule has 0 atom stereocenters. The molecule has 0 N–H and O–H groups in total. The molecule has 26 heavy (non-hydrogen) atoms. The number of halogens is 1. The second kappa shape index (κ2) is 8.31. The van der Waals surface area contributed by atoms with Crippen LogP contribution in [0.2, 0.25) is 0 Å². The summed E-state index contributed by atoms with van der Waals surface area (Å²) in [6.45, 7) is 9.46. The number of hydrogen-bond donors (Lipinski definition) is 0. The van der Waals surface area contributed by atoms with Gasteiger partial charge in [0.25, 0.3) is 0 Å². The van der Waals surface area contributed by atoms with E-state index in [-0.39, 0.29) is 0 Å². The molecule has 0 spiro atoms. The molecule has 3 rings (SSSR count). The molecule has 0 radical (unpaired) electrons. The van der Waals surface area contributed by atoms with Gasteiger partial charge in [-0.2, -0.15) is 0 Å². The number of ether oxygens (including phenoxy) is 2. The molecule has 2 aromatic carbocycles. The lowest BCUT2D eigenvalue weighted by Gasteiger charge is -2.37. The monoisotopic (exact) mass is 418 g/mol. The Hall–Kier alpha value is -1.72. The van der Waals surface area contributed by atoms with Crippen LogP contribution in [0, 0.1) is 13.8 Å². The van der Waals surface area contributed by atoms with Crippen molar-refractivity contribution in [1.82, 2.24) is 4.90 Å². The molecular weight excluding hydrogens is 392 g/mol. The van der Waals surface area contributed by atoms with E-state index in [0.717, 1.165) is 48.7 Å². The van der Waals surface area contributed by atoms with Gasteiger partial charge in [0, 0.05) is 42.9 Å². The third-order valence-corrected chi connectivity index (χ3v) is 5.76. The summed E-state index contributed by atoms with van der Waals surface area (Å²) in [5.74, 6) is 1.53. The van der Waals surface area contributed by atoms with E-state index in [9.17, 15) is 0 Å². The number of piperazine rings is 1. The summed E-state index contributed by atoms with van der Waals surface area (Å²) >= 11 is 3.67. The SMILES string of the molecule is COc1cc(Br)c(CN2CCN(c3cc(C)ccc3C)CC2)cc1OC. The van der Waals surface area contributed by atoms with E-state index in [1.54, 1.807) is 14.2 Å². The maximum Gasteiger partial charge on any atom is 0.161 e. The molecule has 0 aliphatic carbocycles. The summed E-state index contributed by atoms with van der Waals surface area (Å²) in [5.41, 5.74) is 5.27. The molecule has 5 heteroatoms. The minimum atomic E-state index is 0.753. The number of anilines is 1. The molecule has 0 bridgehead atoms. The molecule has 1 saturated heterocycles. The van der Waals surface area contributed by atoms with E-state index >= 15 is 0 Å². The summed E-state index contributed by atoms with van der Waals surface area (Å²) in [6.07, 6.45) is 0. The minimum Gasteiger partial charge on any atom is -0.493 e. The fourth-order valence-corrected chi connectivity index (χ4v) is 3.91. The highest BCUT2D eigenvalue weighted by Crippen LogP contribution is 2.34. The van der Waals surface area contributed by atoms with Crippen LogP contribution in [0.1, 0.15) is 16.7 Å². The average Bonchev–Trinajstić information content (AvgIpc) is 2.65. The second-order valence-corrected chi connectivity index (χ2v) is 7.71. The van der Waals surface area contributed by atoms with E-state index in [2.05, 4.69) is 63.8 Å². The summed E-state index contributed by atoms with van der Waals surface area (Å²) in [5, 5.41) is 0. The summed E-state index contributed by atoms with van der Waals surface area (Å²) in [4.78, 5) is 5.00. The predicted molar refractivity (Wildman–Crippen MR) is 111 cm³/mol. The molecule has 140 valence electrons. The zero-order chi connectivity index (χ0) is 18.7. The Morgan fingerprint density at radius 1 is 0.923 bits per heavy atom. The average molecular weight is 419 g/mol. The van der Waals surface area contributed by atoms with Gasteiger partial charge < -0.3 is 14.4 Å². The number of benzene rings is 2. The van der Waals surface area contributed by atoms with Gasteiger partial charge in [-0.1, -0.05) is 28.1 Å². The molecule has 1 aliphatic heterocycles. The van der Waals surface area contributed by atoms with Crippen LogP contribution < -0.4 is 14.4 Å². The summed E-state index contributed by atoms with van der Waals surface area (Å²) in [7, 11) is 3.34. The van der Waals surface area contributed by atoms with Gasteiger partial charge in [-0.15, -0.1) is 0 Å². The first kappa shape index (κ1) is 19.1. The smallest absolute Gasteiger partial charge is 0.161 e. The Kier molecular flexibility index (Phi) is 6.09. The van der Waals surface area contributed by atoms with Gasteiger partial charge in [-0.05, 0) is 48.7 Å². The van der Waals surface area contributed by atoms with E-state index < -0.39 is 0 Å². The molecule has 0 amide bonds. The molecule has 0 saturated carbocycles. The van der Waals surface area contributed by atoms with Crippen molar-refractivity contribution in [2.75, 3.05) is 45.3 Å². The lowest BCUT2D eigenvalue weighted by molar-refractivity contribution is 0.248. The lowest BCUT2D eigenvalue weighted by Crippen LogP contribution is -2.46. The molecular formula is C21H27BrN2O2. The molecule has 1 aliphatic rings. The van der Waals surface area contributed by atoms with Gasteiger partial charge >= 0.3 is 0 Å². The third kappa shape index (κ3) is 4.15. The van der Waals surface area contributed by atoms with E-state index in [1.807, 2.05) is 6.07 Å². The van der Waals surface area contributed by atoms with Crippen molar-refractivity contribution in [2.45, 2.75) is 20.4 Å². The fourth-order valence-electron chi connectivity index (χ4n) is 3.47. The van der Waals surface area contributed by atoms with Crippen molar-refractivity contribution in [2.24, 2.45) is 0 Å². The number of nitrogens with zero attached hydrogens (tertiary/aromatic N) is 2. The highest BCUT2D eigenvalue weighted by atomic mass is 79.9. The van der Waals surface area contributed by atoms with Crippen LogP contribution in [-0.2, 0) is 6.54 Å². The molecule has 0 aromatic heterocycles. The zero-order valence-corrected chi connectivity index (χ0v) is 17.6. The van der Waals surface area contributed by atoms with Crippen molar-refractivity contribution >= 4 is 21.6 Å². The largest absolute Gasteiger partial charge is 0.493 e. The first-order valence-corrected chi connectivity index (χ1v) is 9.76. The van der Waals surface area contributed by atoms with Gasteiger partial charge in [-0.25, -0.2) is 0 Å². The summed E-state index contributed by atoms with van der Waals surface area (Å²) < 4.78 is 11.9. The van der Waals surface area contributed by atoms with Crippen molar-refractivity contribution in [3.63, 3.8) is 0 Å². The van der Waals surface area contributed by atoms with Crippen LogP contribution in [0.25, 0.3) is 0 Å². The summed E-state index contributed by atoms with van der Waals surface area (Å²) in [6, 6.07) is 10.8. The number of methoxy groups -OCH3 is 2. The van der Waals surface area contributed by atoms with Crippen LogP contribution in [-0.4, -0.2) is 45.3 Å². The number of aryl methyl sites for hydroxylation is 2. The number of hydrogen-bond acceptors (Lipinski definition) is 4. The third-order valence-electron chi connectivity index (χ3n) is 5.02. The first-order chi connectivity index (χ1) is 12.5. The van der Waals surface area contributed by atoms with Crippen molar-refractivity contribution in [1.29, 1.82) is 0 Å². The predicted octanol–water partition coefficient (Wildman–Crippen LogP) is 4.41. The topological polar surface area (TPSA) is 24.9 Å². The molecule has 1 heterocycles.